The highest BCUT2D eigenvalue weighted by atomic mass is 16.6. The molecule has 0 aliphatic carbocycles. The van der Waals surface area contributed by atoms with E-state index in [1.165, 1.54) is 0 Å². The number of aliphatic hydroxyl groups is 6. The predicted octanol–water partition coefficient (Wildman–Crippen LogP) is -3.59. The summed E-state index contributed by atoms with van der Waals surface area (Å²) in [6.45, 7) is -1.45. The van der Waals surface area contributed by atoms with Gasteiger partial charge in [0.1, 0.15) is 24.4 Å². The lowest BCUT2D eigenvalue weighted by molar-refractivity contribution is -0.123. The maximum atomic E-state index is 8.96. The number of hydrogen-bond acceptors (Lipinski definition) is 6. The van der Waals surface area contributed by atoms with E-state index >= 15 is 0 Å². The fourth-order valence-corrected chi connectivity index (χ4v) is 0.671. The normalized spacial score (nSPS) is 21.5. The second-order valence-electron chi connectivity index (χ2n) is 2.48. The van der Waals surface area contributed by atoms with Gasteiger partial charge in [-0.05, 0) is 0 Å². The van der Waals surface area contributed by atoms with Gasteiger partial charge in [0, 0.05) is 0 Å². The summed E-state index contributed by atoms with van der Waals surface area (Å²) >= 11 is 0. The Labute approximate surface area is 69.3 Å². The van der Waals surface area contributed by atoms with Crippen LogP contribution in [0.4, 0.5) is 0 Å². The summed E-state index contributed by atoms with van der Waals surface area (Å²) < 4.78 is 0. The van der Waals surface area contributed by atoms with Crippen LogP contribution in [0.15, 0.2) is 0 Å². The Kier molecular flexibility index (Phi) is 5.31. The molecular weight excluding hydrogens is 170 g/mol. The van der Waals surface area contributed by atoms with E-state index in [4.69, 9.17) is 30.6 Å². The van der Waals surface area contributed by atoms with Crippen molar-refractivity contribution in [2.75, 3.05) is 13.2 Å². The lowest BCUT2D eigenvalue weighted by Crippen LogP contribution is -2.46. The van der Waals surface area contributed by atoms with Gasteiger partial charge in [-0.1, -0.05) is 0 Å². The van der Waals surface area contributed by atoms with Crippen LogP contribution < -0.4 is 0 Å². The van der Waals surface area contributed by atoms with Gasteiger partial charge in [-0.2, -0.15) is 0 Å². The minimum Gasteiger partial charge on any atom is -0.394 e. The monoisotopic (exact) mass is 184 g/mol. The van der Waals surface area contributed by atoms with Gasteiger partial charge >= 0.3 is 0 Å². The van der Waals surface area contributed by atoms with Crippen LogP contribution >= 0.6 is 0 Å². The molecule has 0 aliphatic heterocycles. The quantitative estimate of drug-likeness (QED) is 0.263. The molecule has 0 saturated carbocycles. The summed E-state index contributed by atoms with van der Waals surface area (Å²) in [6.07, 6.45) is -6.39. The summed E-state index contributed by atoms with van der Waals surface area (Å²) in [6, 6.07) is 0. The lowest BCUT2D eigenvalue weighted by Gasteiger charge is -2.24. The second kappa shape index (κ2) is 5.41. The molecule has 0 radical (unpaired) electrons. The molecule has 6 heteroatoms. The summed E-state index contributed by atoms with van der Waals surface area (Å²) in [4.78, 5) is 0. The lowest BCUT2D eigenvalue weighted by atomic mass is 10.2. The average molecular weight is 184 g/mol. The van der Waals surface area contributed by atoms with Gasteiger partial charge in [0.2, 0.25) is 0 Å². The van der Waals surface area contributed by atoms with Crippen LogP contribution in [0.5, 0.6) is 0 Å². The smallest absolute Gasteiger partial charge is 0.111 e. The Bertz CT molecular complexity index is 105. The standard InChI is InChI=1S/C6H14O6/c7-1-3(9)5(11)6(12)4(10)2-8/h3-12H,1-2H2/t3-,4+,5-,6-/m1/s1/i3+2/t3-,4+,5+,6+/m0. The van der Waals surface area contributed by atoms with Crippen LogP contribution in [0.3, 0.4) is 0 Å². The van der Waals surface area contributed by atoms with Crippen molar-refractivity contribution in [1.82, 2.24) is 0 Å². The first-order valence-corrected chi connectivity index (χ1v) is 3.48. The summed E-state index contributed by atoms with van der Waals surface area (Å²) in [5, 5.41) is 52.2. The maximum absolute atomic E-state index is 8.96. The zero-order valence-electron chi connectivity index (χ0n) is 6.41. The first-order chi connectivity index (χ1) is 5.54. The van der Waals surface area contributed by atoms with E-state index in [1.54, 1.807) is 0 Å². The highest BCUT2D eigenvalue weighted by Gasteiger charge is 2.29. The molecule has 74 valence electrons. The van der Waals surface area contributed by atoms with Gasteiger partial charge in [-0.3, -0.25) is 0 Å². The molecule has 0 spiro atoms. The van der Waals surface area contributed by atoms with Crippen molar-refractivity contribution in [3.05, 3.63) is 0 Å². The summed E-state index contributed by atoms with van der Waals surface area (Å²) in [5.74, 6) is 0. The first kappa shape index (κ1) is 11.8. The van der Waals surface area contributed by atoms with Crippen molar-refractivity contribution in [3.63, 3.8) is 0 Å². The fourth-order valence-electron chi connectivity index (χ4n) is 0.671. The van der Waals surface area contributed by atoms with Crippen LogP contribution in [0.2, 0.25) is 0 Å². The molecule has 6 N–H and O–H groups in total. The Morgan fingerprint density at radius 3 is 1.92 bits per heavy atom. The average Bonchev–Trinajstić information content (AvgIpc) is 2.12. The molecule has 0 aliphatic rings. The van der Waals surface area contributed by atoms with E-state index in [0.29, 0.717) is 0 Å². The molecule has 0 aromatic heterocycles. The van der Waals surface area contributed by atoms with E-state index in [0.717, 1.165) is 0 Å². The molecule has 0 amide bonds. The van der Waals surface area contributed by atoms with Gasteiger partial charge in [0.15, 0.2) is 0 Å². The van der Waals surface area contributed by atoms with Crippen molar-refractivity contribution in [1.29, 1.82) is 0 Å². The van der Waals surface area contributed by atoms with E-state index in [9.17, 15) is 0 Å². The van der Waals surface area contributed by atoms with Gasteiger partial charge < -0.3 is 30.6 Å². The molecular formula is C6H14O6. The van der Waals surface area contributed by atoms with Crippen LogP contribution in [-0.4, -0.2) is 68.3 Å². The van der Waals surface area contributed by atoms with E-state index in [-0.39, 0.29) is 0 Å². The molecule has 0 rings (SSSR count). The largest absolute Gasteiger partial charge is 0.394 e. The second-order valence-corrected chi connectivity index (χ2v) is 2.48. The Hall–Kier alpha value is -0.240. The highest BCUT2D eigenvalue weighted by Crippen LogP contribution is 2.03. The molecule has 6 nitrogen and oxygen atoms in total. The molecule has 4 atom stereocenters. The minimum absolute atomic E-state index is 0.726. The van der Waals surface area contributed by atoms with Crippen LogP contribution in [0.25, 0.3) is 0 Å². The van der Waals surface area contributed by atoms with Gasteiger partial charge in [-0.15, -0.1) is 0 Å². The Balaban J connectivity index is 3.99. The molecule has 0 fully saturated rings. The first-order valence-electron chi connectivity index (χ1n) is 3.48. The van der Waals surface area contributed by atoms with Crippen molar-refractivity contribution in [3.8, 4) is 0 Å². The third-order valence-corrected chi connectivity index (χ3v) is 1.51. The fraction of sp³-hybridized carbons (Fsp3) is 1.00. The number of hydrogen-bond donors (Lipinski definition) is 6. The Morgan fingerprint density at radius 2 is 1.58 bits per heavy atom. The van der Waals surface area contributed by atoms with Crippen molar-refractivity contribution >= 4 is 0 Å². The van der Waals surface area contributed by atoms with Crippen LogP contribution in [0.1, 0.15) is 0 Å². The number of rotatable bonds is 5. The predicted molar refractivity (Wildman–Crippen MR) is 38.2 cm³/mol. The summed E-state index contributed by atoms with van der Waals surface area (Å²) in [5.41, 5.74) is 0. The van der Waals surface area contributed by atoms with E-state index in [1.807, 2.05) is 0 Å². The maximum Gasteiger partial charge on any atom is 0.111 e. The molecule has 0 saturated heterocycles. The number of aliphatic hydroxyl groups excluding tert-OH is 6. The van der Waals surface area contributed by atoms with Crippen molar-refractivity contribution < 1.29 is 30.6 Å². The van der Waals surface area contributed by atoms with Crippen molar-refractivity contribution in [2.24, 2.45) is 0 Å². The molecule has 12 heavy (non-hydrogen) atoms. The van der Waals surface area contributed by atoms with Crippen molar-refractivity contribution in [2.45, 2.75) is 24.4 Å². The van der Waals surface area contributed by atoms with Gasteiger partial charge in [-0.25, -0.2) is 0 Å². The zero-order valence-corrected chi connectivity index (χ0v) is 6.41. The van der Waals surface area contributed by atoms with Crippen LogP contribution in [0, 0.1) is 0 Å². The topological polar surface area (TPSA) is 121 Å². The van der Waals surface area contributed by atoms with Gasteiger partial charge in [0.05, 0.1) is 13.2 Å². The van der Waals surface area contributed by atoms with Gasteiger partial charge in [0.25, 0.3) is 0 Å². The van der Waals surface area contributed by atoms with E-state index in [2.05, 4.69) is 0 Å². The molecule has 0 heterocycles. The summed E-state index contributed by atoms with van der Waals surface area (Å²) in [7, 11) is 0. The third kappa shape index (κ3) is 3.02. The minimum atomic E-state index is -1.67. The molecule has 0 aromatic carbocycles. The van der Waals surface area contributed by atoms with Crippen LogP contribution in [-0.2, 0) is 0 Å². The van der Waals surface area contributed by atoms with E-state index < -0.39 is 37.6 Å². The molecule has 0 aromatic rings. The Morgan fingerprint density at radius 1 is 1.08 bits per heavy atom. The zero-order chi connectivity index (χ0) is 9.72. The highest BCUT2D eigenvalue weighted by molar-refractivity contribution is 4.79. The molecule has 0 unspecified atom stereocenters. The third-order valence-electron chi connectivity index (χ3n) is 1.51. The SMILES string of the molecule is OC[C@@H](O)[C@@H](O)[C@H](O)[14C@@H](O)CO. The molecule has 0 bridgehead atoms.